The van der Waals surface area contributed by atoms with Crippen molar-refractivity contribution >= 4 is 6.08 Å². The highest BCUT2D eigenvalue weighted by Crippen LogP contribution is 2.62. The summed E-state index contributed by atoms with van der Waals surface area (Å²) in [4.78, 5) is 0. The number of aliphatic hydroxyl groups is 1. The lowest BCUT2D eigenvalue weighted by Gasteiger charge is -2.54. The smallest absolute Gasteiger partial charge is 0.0609 e. The first kappa shape index (κ1) is 13.4. The van der Waals surface area contributed by atoms with Crippen molar-refractivity contribution in [3.8, 4) is 0 Å². The molecule has 4 aliphatic rings. The second-order valence-electron chi connectivity index (χ2n) is 8.43. The summed E-state index contributed by atoms with van der Waals surface area (Å²) in [6.45, 7) is 2.36. The summed E-state index contributed by atoms with van der Waals surface area (Å²) in [5.41, 5.74) is 2.88. The number of aliphatic hydroxyl groups excluding tert-OH is 1. The molecular formula is C19H26N2O. The number of nitrogens with zero attached hydrogens (tertiary/aromatic N) is 1. The van der Waals surface area contributed by atoms with Crippen molar-refractivity contribution in [1.29, 1.82) is 0 Å². The van der Waals surface area contributed by atoms with E-state index in [4.69, 9.17) is 0 Å². The van der Waals surface area contributed by atoms with E-state index in [1.807, 2.05) is 0 Å². The minimum absolute atomic E-state index is 0.0569. The maximum absolute atomic E-state index is 10.5. The Morgan fingerprint density at radius 3 is 3.00 bits per heavy atom. The molecule has 2 N–H and O–H groups in total. The molecule has 3 saturated carbocycles. The van der Waals surface area contributed by atoms with Crippen LogP contribution in [0.4, 0.5) is 0 Å². The topological polar surface area (TPSA) is 48.9 Å². The van der Waals surface area contributed by atoms with E-state index in [9.17, 15) is 5.11 Å². The van der Waals surface area contributed by atoms with Gasteiger partial charge in [0.15, 0.2) is 0 Å². The quantitative estimate of drug-likeness (QED) is 0.766. The second kappa shape index (κ2) is 4.47. The van der Waals surface area contributed by atoms with Crippen LogP contribution in [-0.2, 0) is 0 Å². The van der Waals surface area contributed by atoms with E-state index in [0.29, 0.717) is 11.8 Å². The van der Waals surface area contributed by atoms with Gasteiger partial charge in [-0.1, -0.05) is 13.0 Å². The van der Waals surface area contributed by atoms with Crippen LogP contribution in [0.25, 0.3) is 6.08 Å². The highest BCUT2D eigenvalue weighted by molar-refractivity contribution is 5.54. The van der Waals surface area contributed by atoms with Gasteiger partial charge in [-0.15, -0.1) is 0 Å². The first-order chi connectivity index (χ1) is 10.7. The van der Waals surface area contributed by atoms with Crippen LogP contribution in [-0.4, -0.2) is 21.4 Å². The first-order valence-corrected chi connectivity index (χ1v) is 9.08. The third kappa shape index (κ3) is 1.58. The van der Waals surface area contributed by atoms with Gasteiger partial charge >= 0.3 is 0 Å². The molecule has 0 radical (unpaired) electrons. The molecule has 0 aromatic carbocycles. The number of aromatic nitrogens is 2. The Hall–Kier alpha value is -1.09. The summed E-state index contributed by atoms with van der Waals surface area (Å²) >= 11 is 0. The van der Waals surface area contributed by atoms with Crippen molar-refractivity contribution in [3.05, 3.63) is 23.5 Å². The Labute approximate surface area is 132 Å². The van der Waals surface area contributed by atoms with Crippen LogP contribution >= 0.6 is 0 Å². The molecule has 5 rings (SSSR count). The normalized spacial score (nSPS) is 49.2. The Kier molecular flexibility index (Phi) is 2.71. The van der Waals surface area contributed by atoms with Gasteiger partial charge in [0.05, 0.1) is 18.0 Å². The lowest BCUT2D eigenvalue weighted by Crippen LogP contribution is -2.48. The number of hydrogen-bond donors (Lipinski definition) is 2. The Morgan fingerprint density at radius 2 is 2.09 bits per heavy atom. The highest BCUT2D eigenvalue weighted by atomic mass is 16.3. The molecule has 0 amide bonds. The monoisotopic (exact) mass is 298 g/mol. The molecule has 22 heavy (non-hydrogen) atoms. The van der Waals surface area contributed by atoms with Crippen LogP contribution in [0.15, 0.2) is 12.3 Å². The van der Waals surface area contributed by atoms with Gasteiger partial charge in [0.25, 0.3) is 0 Å². The molecule has 0 saturated heterocycles. The van der Waals surface area contributed by atoms with E-state index in [2.05, 4.69) is 35.5 Å². The number of hydrogen-bond acceptors (Lipinski definition) is 2. The second-order valence-corrected chi connectivity index (χ2v) is 8.43. The summed E-state index contributed by atoms with van der Waals surface area (Å²) in [6.07, 6.45) is 14.2. The number of nitrogens with one attached hydrogen (secondary N) is 1. The van der Waals surface area contributed by atoms with E-state index in [0.717, 1.165) is 24.2 Å². The van der Waals surface area contributed by atoms with Crippen molar-refractivity contribution < 1.29 is 5.11 Å². The van der Waals surface area contributed by atoms with Gasteiger partial charge in [-0.3, -0.25) is 5.10 Å². The molecule has 3 nitrogen and oxygen atoms in total. The fourth-order valence-electron chi connectivity index (χ4n) is 6.63. The number of aromatic amines is 1. The Balaban J connectivity index is 1.48. The van der Waals surface area contributed by atoms with Crippen molar-refractivity contribution in [2.24, 2.45) is 29.1 Å². The zero-order chi connectivity index (χ0) is 14.9. The minimum atomic E-state index is -0.0569. The van der Waals surface area contributed by atoms with E-state index in [-0.39, 0.29) is 11.5 Å². The molecule has 0 spiro atoms. The molecule has 4 aliphatic carbocycles. The molecular weight excluding hydrogens is 272 g/mol. The van der Waals surface area contributed by atoms with Crippen molar-refractivity contribution in [1.82, 2.24) is 10.2 Å². The van der Waals surface area contributed by atoms with E-state index in [1.165, 1.54) is 43.4 Å². The van der Waals surface area contributed by atoms with Gasteiger partial charge < -0.3 is 5.11 Å². The van der Waals surface area contributed by atoms with Crippen LogP contribution in [0.1, 0.15) is 62.6 Å². The molecule has 0 bridgehead atoms. The lowest BCUT2D eigenvalue weighted by molar-refractivity contribution is -0.0585. The van der Waals surface area contributed by atoms with Crippen LogP contribution < -0.4 is 0 Å². The standard InChI is InChI=1S/C19H26N2O/c1-19-9-8-13-11-4-6-17-15(10-20-21-17)12(11)2-3-14(13)16(19)5-7-18(19)22/h4,6,10-14,16,18,22H,2-3,5,7-9H2,1H3,(H,20,21). The van der Waals surface area contributed by atoms with Crippen molar-refractivity contribution in [2.45, 2.75) is 57.5 Å². The summed E-state index contributed by atoms with van der Waals surface area (Å²) in [6, 6.07) is 0. The average molecular weight is 298 g/mol. The average Bonchev–Trinajstić information content (AvgIpc) is 3.12. The van der Waals surface area contributed by atoms with Gasteiger partial charge in [0.1, 0.15) is 0 Å². The third-order valence-corrected chi connectivity index (χ3v) is 7.80. The number of allylic oxidation sites excluding steroid dienone is 1. The number of H-pyrrole nitrogens is 1. The fourth-order valence-corrected chi connectivity index (χ4v) is 6.63. The third-order valence-electron chi connectivity index (χ3n) is 7.80. The highest BCUT2D eigenvalue weighted by Gasteiger charge is 2.56. The molecule has 3 fully saturated rings. The van der Waals surface area contributed by atoms with Crippen molar-refractivity contribution in [3.63, 3.8) is 0 Å². The zero-order valence-corrected chi connectivity index (χ0v) is 13.3. The van der Waals surface area contributed by atoms with Gasteiger partial charge in [-0.2, -0.15) is 5.10 Å². The number of fused-ring (bicyclic) bond motifs is 7. The lowest BCUT2D eigenvalue weighted by atomic mass is 9.51. The van der Waals surface area contributed by atoms with E-state index < -0.39 is 0 Å². The summed E-state index contributed by atoms with van der Waals surface area (Å²) < 4.78 is 0. The largest absolute Gasteiger partial charge is 0.393 e. The summed E-state index contributed by atoms with van der Waals surface area (Å²) in [5.74, 6) is 3.78. The van der Waals surface area contributed by atoms with Gasteiger partial charge in [0.2, 0.25) is 0 Å². The van der Waals surface area contributed by atoms with Gasteiger partial charge in [-0.05, 0) is 79.6 Å². The van der Waals surface area contributed by atoms with Gasteiger partial charge in [0, 0.05) is 5.56 Å². The maximum Gasteiger partial charge on any atom is 0.0609 e. The minimum Gasteiger partial charge on any atom is -0.393 e. The zero-order valence-electron chi connectivity index (χ0n) is 13.3. The van der Waals surface area contributed by atoms with Crippen molar-refractivity contribution in [2.75, 3.05) is 0 Å². The van der Waals surface area contributed by atoms with E-state index >= 15 is 0 Å². The molecule has 0 aliphatic heterocycles. The van der Waals surface area contributed by atoms with Crippen LogP contribution in [0.5, 0.6) is 0 Å². The SMILES string of the molecule is CC12CCC3C4C=Cc5[nH]ncc5C4CCC3C1CCC2O. The maximum atomic E-state index is 10.5. The van der Waals surface area contributed by atoms with Crippen LogP contribution in [0, 0.1) is 29.1 Å². The predicted molar refractivity (Wildman–Crippen MR) is 86.1 cm³/mol. The molecule has 1 heterocycles. The summed E-state index contributed by atoms with van der Waals surface area (Å²) in [7, 11) is 0. The Morgan fingerprint density at radius 1 is 1.18 bits per heavy atom. The van der Waals surface area contributed by atoms with Crippen LogP contribution in [0.3, 0.4) is 0 Å². The molecule has 1 aromatic rings. The van der Waals surface area contributed by atoms with Gasteiger partial charge in [-0.25, -0.2) is 0 Å². The Bertz CT molecular complexity index is 621. The molecule has 1 aromatic heterocycles. The first-order valence-electron chi connectivity index (χ1n) is 9.08. The molecule has 7 unspecified atom stereocenters. The van der Waals surface area contributed by atoms with Crippen LogP contribution in [0.2, 0.25) is 0 Å². The predicted octanol–water partition coefficient (Wildman–Crippen LogP) is 3.73. The molecule has 3 heteroatoms. The molecule has 7 atom stereocenters. The summed E-state index contributed by atoms with van der Waals surface area (Å²) in [5, 5.41) is 17.9. The van der Waals surface area contributed by atoms with E-state index in [1.54, 1.807) is 0 Å². The fraction of sp³-hybridized carbons (Fsp3) is 0.737. The molecule has 118 valence electrons. The number of rotatable bonds is 0.